The summed E-state index contributed by atoms with van der Waals surface area (Å²) in [6.07, 6.45) is 0. The highest BCUT2D eigenvalue weighted by Crippen LogP contribution is 2.33. The number of urea groups is 1. The average Bonchev–Trinajstić information content (AvgIpc) is 3.18. The molecule has 4 rings (SSSR count). The first-order valence-electron chi connectivity index (χ1n) is 8.76. The first kappa shape index (κ1) is 17.7. The molecule has 5 nitrogen and oxygen atoms in total. The fourth-order valence-corrected chi connectivity index (χ4v) is 3.23. The van der Waals surface area contributed by atoms with E-state index in [1.54, 1.807) is 55.5 Å². The van der Waals surface area contributed by atoms with E-state index in [4.69, 9.17) is 4.42 Å². The topological polar surface area (TPSA) is 71.3 Å². The van der Waals surface area contributed by atoms with E-state index >= 15 is 0 Å². The third-order valence-corrected chi connectivity index (χ3v) is 4.59. The van der Waals surface area contributed by atoms with Gasteiger partial charge in [0.05, 0.1) is 0 Å². The number of furan rings is 1. The van der Waals surface area contributed by atoms with Crippen LogP contribution in [-0.4, -0.2) is 11.8 Å². The predicted octanol–water partition coefficient (Wildman–Crippen LogP) is 4.60. The van der Waals surface area contributed by atoms with Gasteiger partial charge in [-0.25, -0.2) is 9.18 Å². The Morgan fingerprint density at radius 1 is 1.00 bits per heavy atom. The third-order valence-electron chi connectivity index (χ3n) is 4.59. The van der Waals surface area contributed by atoms with Gasteiger partial charge in [-0.05, 0) is 43.3 Å². The molecule has 0 saturated carbocycles. The Morgan fingerprint density at radius 3 is 2.43 bits per heavy atom. The van der Waals surface area contributed by atoms with Crippen LogP contribution in [0.15, 0.2) is 82.4 Å². The lowest BCUT2D eigenvalue weighted by molar-refractivity contribution is 0.102. The molecule has 0 unspecified atom stereocenters. The lowest BCUT2D eigenvalue weighted by Gasteiger charge is -2.27. The summed E-state index contributed by atoms with van der Waals surface area (Å²) < 4.78 is 19.1. The SMILES string of the molecule is CC1=C(C(=O)c2ccccc2)[C@H](c2ccc(-c3ccc(F)cc3)o2)NC(=O)N1. The fraction of sp³-hybridized carbons (Fsp3) is 0.0909. The molecule has 0 bridgehead atoms. The van der Waals surface area contributed by atoms with Crippen molar-refractivity contribution >= 4 is 11.8 Å². The van der Waals surface area contributed by atoms with E-state index in [2.05, 4.69) is 10.6 Å². The molecule has 2 aromatic carbocycles. The summed E-state index contributed by atoms with van der Waals surface area (Å²) >= 11 is 0. The molecular weight excluding hydrogens is 359 g/mol. The minimum Gasteiger partial charge on any atom is -0.459 e. The molecule has 140 valence electrons. The number of benzene rings is 2. The number of hydrogen-bond acceptors (Lipinski definition) is 3. The first-order chi connectivity index (χ1) is 13.5. The van der Waals surface area contributed by atoms with E-state index in [1.807, 2.05) is 6.07 Å². The second-order valence-electron chi connectivity index (χ2n) is 6.47. The maximum Gasteiger partial charge on any atom is 0.319 e. The van der Waals surface area contributed by atoms with Crippen LogP contribution in [0.4, 0.5) is 9.18 Å². The molecule has 2 N–H and O–H groups in total. The van der Waals surface area contributed by atoms with Crippen molar-refractivity contribution < 1.29 is 18.4 Å². The predicted molar refractivity (Wildman–Crippen MR) is 102 cm³/mol. The molecule has 1 aliphatic heterocycles. The van der Waals surface area contributed by atoms with Crippen LogP contribution in [0.1, 0.15) is 29.1 Å². The van der Waals surface area contributed by atoms with Crippen LogP contribution in [0.2, 0.25) is 0 Å². The zero-order valence-corrected chi connectivity index (χ0v) is 15.0. The minimum absolute atomic E-state index is 0.199. The van der Waals surface area contributed by atoms with Crippen molar-refractivity contribution in [3.05, 3.63) is 95.1 Å². The number of Topliss-reactive ketones (excluding diaryl/α,β-unsaturated/α-hetero) is 1. The molecule has 1 aliphatic rings. The number of ketones is 1. The molecule has 0 aliphatic carbocycles. The Morgan fingerprint density at radius 2 is 1.71 bits per heavy atom. The molecule has 0 fully saturated rings. The maximum absolute atomic E-state index is 13.2. The second-order valence-corrected chi connectivity index (χ2v) is 6.47. The Balaban J connectivity index is 1.72. The van der Waals surface area contributed by atoms with Gasteiger partial charge in [-0.2, -0.15) is 0 Å². The standard InChI is InChI=1S/C22H17FN2O3/c1-13-19(21(26)15-5-3-2-4-6-15)20(25-22(27)24-13)18-12-11-17(28-18)14-7-9-16(23)10-8-14/h2-12,20H,1H3,(H2,24,25,27)/t20-/m0/s1. The van der Waals surface area contributed by atoms with E-state index in [0.29, 0.717) is 33.9 Å². The van der Waals surface area contributed by atoms with Crippen molar-refractivity contribution in [3.8, 4) is 11.3 Å². The van der Waals surface area contributed by atoms with Crippen molar-refractivity contribution in [2.45, 2.75) is 13.0 Å². The molecule has 28 heavy (non-hydrogen) atoms. The van der Waals surface area contributed by atoms with Crippen molar-refractivity contribution in [3.63, 3.8) is 0 Å². The van der Waals surface area contributed by atoms with E-state index in [1.165, 1.54) is 12.1 Å². The maximum atomic E-state index is 13.2. The average molecular weight is 376 g/mol. The van der Waals surface area contributed by atoms with Crippen LogP contribution in [0.3, 0.4) is 0 Å². The quantitative estimate of drug-likeness (QED) is 0.654. The van der Waals surface area contributed by atoms with Crippen LogP contribution < -0.4 is 10.6 Å². The van der Waals surface area contributed by atoms with Gasteiger partial charge in [-0.3, -0.25) is 4.79 Å². The van der Waals surface area contributed by atoms with Gasteiger partial charge < -0.3 is 15.1 Å². The molecule has 2 heterocycles. The monoisotopic (exact) mass is 376 g/mol. The van der Waals surface area contributed by atoms with E-state index in [-0.39, 0.29) is 11.6 Å². The van der Waals surface area contributed by atoms with Crippen molar-refractivity contribution in [2.75, 3.05) is 0 Å². The third kappa shape index (κ3) is 3.32. The molecule has 0 radical (unpaired) electrons. The van der Waals surface area contributed by atoms with Gasteiger partial charge >= 0.3 is 6.03 Å². The molecule has 2 amide bonds. The van der Waals surface area contributed by atoms with Crippen LogP contribution in [-0.2, 0) is 0 Å². The number of carbonyl (C=O) groups excluding carboxylic acids is 2. The summed E-state index contributed by atoms with van der Waals surface area (Å²) in [7, 11) is 0. The summed E-state index contributed by atoms with van der Waals surface area (Å²) in [4.78, 5) is 25.1. The van der Waals surface area contributed by atoms with Gasteiger partial charge in [0.2, 0.25) is 0 Å². The number of allylic oxidation sites excluding steroid dienone is 1. The number of carbonyl (C=O) groups is 2. The van der Waals surface area contributed by atoms with Crippen molar-refractivity contribution in [1.82, 2.24) is 10.6 Å². The van der Waals surface area contributed by atoms with Crippen molar-refractivity contribution in [1.29, 1.82) is 0 Å². The molecule has 1 aromatic heterocycles. The zero-order valence-electron chi connectivity index (χ0n) is 15.0. The van der Waals surface area contributed by atoms with Gasteiger partial charge in [0.15, 0.2) is 5.78 Å². The molecule has 0 spiro atoms. The zero-order chi connectivity index (χ0) is 19.7. The molecule has 0 saturated heterocycles. The van der Waals surface area contributed by atoms with Crippen LogP contribution >= 0.6 is 0 Å². The highest BCUT2D eigenvalue weighted by molar-refractivity contribution is 6.11. The Kier molecular flexibility index (Phi) is 4.53. The fourth-order valence-electron chi connectivity index (χ4n) is 3.23. The lowest BCUT2D eigenvalue weighted by Crippen LogP contribution is -2.45. The smallest absolute Gasteiger partial charge is 0.319 e. The summed E-state index contributed by atoms with van der Waals surface area (Å²) in [6.45, 7) is 1.69. The largest absolute Gasteiger partial charge is 0.459 e. The Labute approximate surface area is 160 Å². The number of rotatable bonds is 4. The normalized spacial score (nSPS) is 16.5. The second kappa shape index (κ2) is 7.15. The molecule has 6 heteroatoms. The first-order valence-corrected chi connectivity index (χ1v) is 8.76. The molecule has 3 aromatic rings. The van der Waals surface area contributed by atoms with Crippen LogP contribution in [0, 0.1) is 5.82 Å². The van der Waals surface area contributed by atoms with Crippen LogP contribution in [0.25, 0.3) is 11.3 Å². The van der Waals surface area contributed by atoms with E-state index in [0.717, 1.165) is 0 Å². The molecular formula is C22H17FN2O3. The number of hydrogen-bond donors (Lipinski definition) is 2. The highest BCUT2D eigenvalue weighted by atomic mass is 19.1. The van der Waals surface area contributed by atoms with E-state index < -0.39 is 12.1 Å². The number of nitrogens with one attached hydrogen (secondary N) is 2. The van der Waals surface area contributed by atoms with Gasteiger partial charge in [0.1, 0.15) is 23.4 Å². The molecule has 1 atom stereocenters. The summed E-state index contributed by atoms with van der Waals surface area (Å²) in [6, 6.07) is 17.1. The minimum atomic E-state index is -0.726. The van der Waals surface area contributed by atoms with E-state index in [9.17, 15) is 14.0 Å². The number of halogens is 1. The Bertz CT molecular complexity index is 1070. The summed E-state index contributed by atoms with van der Waals surface area (Å²) in [5.41, 5.74) is 2.10. The highest BCUT2D eigenvalue weighted by Gasteiger charge is 2.33. The van der Waals surface area contributed by atoms with Crippen molar-refractivity contribution in [2.24, 2.45) is 0 Å². The lowest BCUT2D eigenvalue weighted by atomic mass is 9.93. The van der Waals surface area contributed by atoms with Gasteiger partial charge in [0.25, 0.3) is 0 Å². The summed E-state index contributed by atoms with van der Waals surface area (Å²) in [5.74, 6) is 0.408. The number of amides is 2. The van der Waals surface area contributed by atoms with Gasteiger partial charge in [-0.15, -0.1) is 0 Å². The van der Waals surface area contributed by atoms with Crippen LogP contribution in [0.5, 0.6) is 0 Å². The van der Waals surface area contributed by atoms with Gasteiger partial charge in [-0.1, -0.05) is 30.3 Å². The van der Waals surface area contributed by atoms with Gasteiger partial charge in [0, 0.05) is 22.4 Å². The summed E-state index contributed by atoms with van der Waals surface area (Å²) in [5, 5.41) is 5.41. The Hall–Kier alpha value is -3.67.